The van der Waals surface area contributed by atoms with Gasteiger partial charge in [0.1, 0.15) is 5.75 Å². The van der Waals surface area contributed by atoms with E-state index in [1.54, 1.807) is 14.2 Å². The Bertz CT molecular complexity index is 399. The number of aryl methyl sites for hydroxylation is 2. The maximum absolute atomic E-state index is 12.1. The first-order valence-electron chi connectivity index (χ1n) is 5.38. The van der Waals surface area contributed by atoms with E-state index in [2.05, 4.69) is 5.32 Å². The first kappa shape index (κ1) is 12.7. The Morgan fingerprint density at radius 3 is 2.38 bits per heavy atom. The van der Waals surface area contributed by atoms with Crippen molar-refractivity contribution < 1.29 is 9.53 Å². The number of benzene rings is 1. The van der Waals surface area contributed by atoms with Crippen molar-refractivity contribution in [3.05, 3.63) is 28.8 Å². The molecule has 0 saturated carbocycles. The number of likely N-dealkylation sites (N-methyl/N-ethyl adjacent to an activating group) is 1. The molecule has 1 unspecified atom stereocenters. The van der Waals surface area contributed by atoms with Gasteiger partial charge in [0.15, 0.2) is 5.78 Å². The summed E-state index contributed by atoms with van der Waals surface area (Å²) in [5, 5.41) is 2.94. The van der Waals surface area contributed by atoms with Crippen molar-refractivity contribution in [1.82, 2.24) is 5.32 Å². The fourth-order valence-corrected chi connectivity index (χ4v) is 1.52. The van der Waals surface area contributed by atoms with Gasteiger partial charge in [0.05, 0.1) is 18.7 Å². The van der Waals surface area contributed by atoms with Gasteiger partial charge in [0.2, 0.25) is 0 Å². The molecule has 1 aromatic carbocycles. The molecular weight excluding hydrogens is 202 g/mol. The molecular formula is C13H19NO2. The van der Waals surface area contributed by atoms with Crippen molar-refractivity contribution in [2.24, 2.45) is 0 Å². The van der Waals surface area contributed by atoms with Gasteiger partial charge in [-0.3, -0.25) is 4.79 Å². The minimum absolute atomic E-state index is 0.0578. The SMILES string of the molecule is CNC(C)C(=O)c1cc(C)c(C)cc1OC. The number of hydrogen-bond acceptors (Lipinski definition) is 3. The lowest BCUT2D eigenvalue weighted by molar-refractivity contribution is 0.0952. The summed E-state index contributed by atoms with van der Waals surface area (Å²) in [7, 11) is 3.36. The monoisotopic (exact) mass is 221 g/mol. The van der Waals surface area contributed by atoms with Crippen LogP contribution in [0.1, 0.15) is 28.4 Å². The number of nitrogens with one attached hydrogen (secondary N) is 1. The zero-order chi connectivity index (χ0) is 12.3. The van der Waals surface area contributed by atoms with Crippen molar-refractivity contribution in [1.29, 1.82) is 0 Å². The number of ketones is 1. The number of rotatable bonds is 4. The number of carbonyl (C=O) groups is 1. The lowest BCUT2D eigenvalue weighted by Crippen LogP contribution is -2.31. The zero-order valence-electron chi connectivity index (χ0n) is 10.5. The molecule has 0 bridgehead atoms. The lowest BCUT2D eigenvalue weighted by atomic mass is 9.99. The summed E-state index contributed by atoms with van der Waals surface area (Å²) in [6.07, 6.45) is 0. The van der Waals surface area contributed by atoms with E-state index in [0.717, 1.165) is 11.1 Å². The molecule has 0 aliphatic heterocycles. The summed E-state index contributed by atoms with van der Waals surface area (Å²) in [6.45, 7) is 5.85. The van der Waals surface area contributed by atoms with E-state index in [-0.39, 0.29) is 11.8 Å². The maximum Gasteiger partial charge on any atom is 0.183 e. The molecule has 1 atom stereocenters. The maximum atomic E-state index is 12.1. The van der Waals surface area contributed by atoms with Crippen LogP contribution in [0.4, 0.5) is 0 Å². The van der Waals surface area contributed by atoms with Crippen molar-refractivity contribution in [3.63, 3.8) is 0 Å². The van der Waals surface area contributed by atoms with Gasteiger partial charge in [-0.15, -0.1) is 0 Å². The molecule has 1 N–H and O–H groups in total. The van der Waals surface area contributed by atoms with E-state index in [1.807, 2.05) is 32.9 Å². The van der Waals surface area contributed by atoms with E-state index in [4.69, 9.17) is 4.74 Å². The van der Waals surface area contributed by atoms with E-state index in [9.17, 15) is 4.79 Å². The van der Waals surface area contributed by atoms with Gasteiger partial charge in [0.25, 0.3) is 0 Å². The fourth-order valence-electron chi connectivity index (χ4n) is 1.52. The molecule has 0 aliphatic carbocycles. The second kappa shape index (κ2) is 5.12. The predicted molar refractivity (Wildman–Crippen MR) is 65.3 cm³/mol. The standard InChI is InChI=1S/C13H19NO2/c1-8-6-11(13(15)10(3)14-4)12(16-5)7-9(8)2/h6-7,10,14H,1-5H3. The fraction of sp³-hybridized carbons (Fsp3) is 0.462. The first-order chi connectivity index (χ1) is 7.51. The Morgan fingerprint density at radius 1 is 1.31 bits per heavy atom. The molecule has 0 saturated heterocycles. The average molecular weight is 221 g/mol. The van der Waals surface area contributed by atoms with Gasteiger partial charge >= 0.3 is 0 Å². The van der Waals surface area contributed by atoms with Gasteiger partial charge in [-0.2, -0.15) is 0 Å². The largest absolute Gasteiger partial charge is 0.496 e. The third-order valence-electron chi connectivity index (χ3n) is 2.91. The van der Waals surface area contributed by atoms with Gasteiger partial charge in [-0.1, -0.05) is 0 Å². The molecule has 0 spiro atoms. The molecule has 1 rings (SSSR count). The Balaban J connectivity index is 3.21. The molecule has 0 fully saturated rings. The minimum atomic E-state index is -0.198. The molecule has 1 aromatic rings. The van der Waals surface area contributed by atoms with Crippen LogP contribution in [0.5, 0.6) is 5.75 Å². The lowest BCUT2D eigenvalue weighted by Gasteiger charge is -2.14. The molecule has 3 heteroatoms. The normalized spacial score (nSPS) is 12.3. The minimum Gasteiger partial charge on any atom is -0.496 e. The quantitative estimate of drug-likeness (QED) is 0.791. The van der Waals surface area contributed by atoms with Crippen molar-refractivity contribution in [3.8, 4) is 5.75 Å². The van der Waals surface area contributed by atoms with E-state index in [0.29, 0.717) is 11.3 Å². The van der Waals surface area contributed by atoms with Gasteiger partial charge in [-0.05, 0) is 51.1 Å². The molecule has 0 heterocycles. The van der Waals surface area contributed by atoms with Crippen LogP contribution < -0.4 is 10.1 Å². The summed E-state index contributed by atoms with van der Waals surface area (Å²) in [5.74, 6) is 0.706. The second-order valence-electron chi connectivity index (χ2n) is 4.01. The number of ether oxygens (including phenoxy) is 1. The van der Waals surface area contributed by atoms with Crippen molar-refractivity contribution >= 4 is 5.78 Å². The first-order valence-corrected chi connectivity index (χ1v) is 5.38. The highest BCUT2D eigenvalue weighted by molar-refractivity contribution is 6.02. The Hall–Kier alpha value is -1.35. The average Bonchev–Trinajstić information content (AvgIpc) is 2.30. The molecule has 0 aromatic heterocycles. The van der Waals surface area contributed by atoms with Crippen molar-refractivity contribution in [2.75, 3.05) is 14.2 Å². The van der Waals surface area contributed by atoms with Crippen molar-refractivity contribution in [2.45, 2.75) is 26.8 Å². The molecule has 88 valence electrons. The summed E-state index contributed by atoms with van der Waals surface area (Å²) in [6, 6.07) is 3.60. The van der Waals surface area contributed by atoms with Crippen LogP contribution in [-0.4, -0.2) is 26.0 Å². The van der Waals surface area contributed by atoms with Crippen LogP contribution in [0.2, 0.25) is 0 Å². The Kier molecular flexibility index (Phi) is 4.07. The number of Topliss-reactive ketones (excluding diaryl/α,β-unsaturated/α-hetero) is 1. The van der Waals surface area contributed by atoms with Gasteiger partial charge in [-0.25, -0.2) is 0 Å². The zero-order valence-corrected chi connectivity index (χ0v) is 10.5. The summed E-state index contributed by atoms with van der Waals surface area (Å²) in [5.41, 5.74) is 2.88. The Morgan fingerprint density at radius 2 is 1.88 bits per heavy atom. The third kappa shape index (κ3) is 2.42. The highest BCUT2D eigenvalue weighted by Gasteiger charge is 2.18. The highest BCUT2D eigenvalue weighted by Crippen LogP contribution is 2.24. The van der Waals surface area contributed by atoms with E-state index >= 15 is 0 Å². The van der Waals surface area contributed by atoms with Crippen LogP contribution in [0.15, 0.2) is 12.1 Å². The number of carbonyl (C=O) groups excluding carboxylic acids is 1. The van der Waals surface area contributed by atoms with Crippen LogP contribution in [0.25, 0.3) is 0 Å². The second-order valence-corrected chi connectivity index (χ2v) is 4.01. The van der Waals surface area contributed by atoms with Gasteiger partial charge in [0, 0.05) is 0 Å². The van der Waals surface area contributed by atoms with E-state index in [1.165, 1.54) is 0 Å². The van der Waals surface area contributed by atoms with Crippen LogP contribution >= 0.6 is 0 Å². The number of methoxy groups -OCH3 is 1. The predicted octanol–water partition coefficient (Wildman–Crippen LogP) is 2.10. The summed E-state index contributed by atoms with van der Waals surface area (Å²) in [4.78, 5) is 12.1. The van der Waals surface area contributed by atoms with Gasteiger partial charge < -0.3 is 10.1 Å². The molecule has 0 amide bonds. The molecule has 16 heavy (non-hydrogen) atoms. The third-order valence-corrected chi connectivity index (χ3v) is 2.91. The highest BCUT2D eigenvalue weighted by atomic mass is 16.5. The topological polar surface area (TPSA) is 38.3 Å². The molecule has 0 radical (unpaired) electrons. The van der Waals surface area contributed by atoms with Crippen LogP contribution in [0.3, 0.4) is 0 Å². The smallest absolute Gasteiger partial charge is 0.183 e. The molecule has 0 aliphatic rings. The van der Waals surface area contributed by atoms with E-state index < -0.39 is 0 Å². The molecule has 3 nitrogen and oxygen atoms in total. The van der Waals surface area contributed by atoms with Crippen LogP contribution in [-0.2, 0) is 0 Å². The summed E-state index contributed by atoms with van der Waals surface area (Å²) < 4.78 is 5.25. The Labute approximate surface area is 96.8 Å². The number of hydrogen-bond donors (Lipinski definition) is 1. The summed E-state index contributed by atoms with van der Waals surface area (Å²) >= 11 is 0. The van der Waals surface area contributed by atoms with Crippen LogP contribution in [0, 0.1) is 13.8 Å².